The quantitative estimate of drug-likeness (QED) is 0.944. The first-order valence-electron chi connectivity index (χ1n) is 5.69. The molecule has 20 heavy (non-hydrogen) atoms. The van der Waals surface area contributed by atoms with Crippen molar-refractivity contribution in [1.82, 2.24) is 19.9 Å². The first-order chi connectivity index (χ1) is 9.50. The number of amides is 1. The van der Waals surface area contributed by atoms with Gasteiger partial charge in [0.2, 0.25) is 0 Å². The zero-order chi connectivity index (χ0) is 14.7. The number of rotatable bonds is 4. The van der Waals surface area contributed by atoms with Crippen LogP contribution in [0.25, 0.3) is 0 Å². The van der Waals surface area contributed by atoms with E-state index in [9.17, 15) is 13.6 Å². The molecule has 0 unspecified atom stereocenters. The van der Waals surface area contributed by atoms with E-state index in [0.29, 0.717) is 20.7 Å². The second kappa shape index (κ2) is 5.96. The van der Waals surface area contributed by atoms with Crippen LogP contribution in [0.3, 0.4) is 0 Å². The lowest BCUT2D eigenvalue weighted by Crippen LogP contribution is -2.25. The van der Waals surface area contributed by atoms with Gasteiger partial charge in [-0.3, -0.25) is 14.3 Å². The van der Waals surface area contributed by atoms with Gasteiger partial charge in [0.25, 0.3) is 5.91 Å². The minimum Gasteiger partial charge on any atom is -0.345 e. The van der Waals surface area contributed by atoms with Crippen LogP contribution in [0.1, 0.15) is 28.3 Å². The van der Waals surface area contributed by atoms with Crippen molar-refractivity contribution in [2.75, 3.05) is 0 Å². The first kappa shape index (κ1) is 14.4. The Morgan fingerprint density at radius 1 is 1.50 bits per heavy atom. The topological polar surface area (TPSA) is 59.8 Å². The Kier molecular flexibility index (Phi) is 4.29. The maximum Gasteiger partial charge on any atom is 0.319 e. The Balaban J connectivity index is 2.09. The lowest BCUT2D eigenvalue weighted by molar-refractivity contribution is 0.0660. The molecular weight excluding hydrogens is 290 g/mol. The third-order valence-electron chi connectivity index (χ3n) is 2.76. The maximum absolute atomic E-state index is 12.6. The van der Waals surface area contributed by atoms with Crippen molar-refractivity contribution in [2.24, 2.45) is 0 Å². The number of pyridine rings is 1. The van der Waals surface area contributed by atoms with Crippen molar-refractivity contribution >= 4 is 17.5 Å². The predicted molar refractivity (Wildman–Crippen MR) is 68.6 cm³/mol. The largest absolute Gasteiger partial charge is 0.345 e. The molecule has 0 aliphatic heterocycles. The van der Waals surface area contributed by atoms with E-state index in [2.05, 4.69) is 15.3 Å². The summed E-state index contributed by atoms with van der Waals surface area (Å²) >= 11 is 5.87. The number of hydrogen-bond donors (Lipinski definition) is 1. The highest BCUT2D eigenvalue weighted by molar-refractivity contribution is 6.31. The number of nitrogens with zero attached hydrogens (tertiary/aromatic N) is 3. The molecule has 0 radical (unpaired) electrons. The molecule has 2 rings (SSSR count). The summed E-state index contributed by atoms with van der Waals surface area (Å²) in [6.07, 6.45) is 5.20. The van der Waals surface area contributed by atoms with Gasteiger partial charge in [-0.15, -0.1) is 0 Å². The molecule has 1 N–H and O–H groups in total. The molecule has 2 heterocycles. The Morgan fingerprint density at radius 2 is 2.25 bits per heavy atom. The van der Waals surface area contributed by atoms with Crippen LogP contribution in [0.4, 0.5) is 8.78 Å². The van der Waals surface area contributed by atoms with Crippen LogP contribution in [0, 0.1) is 6.92 Å². The van der Waals surface area contributed by atoms with Gasteiger partial charge in [-0.05, 0) is 12.5 Å². The number of alkyl halides is 2. The van der Waals surface area contributed by atoms with E-state index in [1.54, 1.807) is 6.92 Å². The summed E-state index contributed by atoms with van der Waals surface area (Å²) in [5.41, 5.74) is 0.879. The van der Waals surface area contributed by atoms with E-state index < -0.39 is 12.5 Å². The van der Waals surface area contributed by atoms with E-state index in [4.69, 9.17) is 11.6 Å². The van der Waals surface area contributed by atoms with Crippen LogP contribution in [-0.4, -0.2) is 20.4 Å². The summed E-state index contributed by atoms with van der Waals surface area (Å²) in [7, 11) is 0. The molecule has 0 bridgehead atoms. The molecule has 106 valence electrons. The summed E-state index contributed by atoms with van der Waals surface area (Å²) in [5.74, 6) is -0.373. The highest BCUT2D eigenvalue weighted by Crippen LogP contribution is 2.17. The molecule has 2 aromatic heterocycles. The highest BCUT2D eigenvalue weighted by Gasteiger charge is 2.15. The number of imidazole rings is 1. The molecule has 8 heteroatoms. The van der Waals surface area contributed by atoms with Crippen molar-refractivity contribution in [3.05, 3.63) is 46.8 Å². The summed E-state index contributed by atoms with van der Waals surface area (Å²) in [6.45, 7) is -1.12. The molecule has 2 aromatic rings. The van der Waals surface area contributed by atoms with Gasteiger partial charge >= 0.3 is 6.55 Å². The van der Waals surface area contributed by atoms with E-state index in [1.807, 2.05) is 0 Å². The molecule has 0 atom stereocenters. The van der Waals surface area contributed by atoms with Crippen molar-refractivity contribution in [3.8, 4) is 0 Å². The monoisotopic (exact) mass is 300 g/mol. The van der Waals surface area contributed by atoms with Gasteiger partial charge in [0.05, 0.1) is 17.1 Å². The Hall–Kier alpha value is -2.02. The minimum absolute atomic E-state index is 0.0704. The van der Waals surface area contributed by atoms with Gasteiger partial charge in [0.15, 0.2) is 0 Å². The average Bonchev–Trinajstić information content (AvgIpc) is 2.87. The summed E-state index contributed by atoms with van der Waals surface area (Å²) in [6, 6.07) is 0. The Labute approximate surface area is 118 Å². The molecule has 0 aliphatic rings. The number of aromatic nitrogens is 3. The second-order valence-corrected chi connectivity index (χ2v) is 4.41. The van der Waals surface area contributed by atoms with Crippen molar-refractivity contribution in [3.63, 3.8) is 0 Å². The number of carbonyl (C=O) groups excluding carboxylic acids is 1. The molecule has 0 aliphatic carbocycles. The fourth-order valence-electron chi connectivity index (χ4n) is 1.64. The van der Waals surface area contributed by atoms with Gasteiger partial charge in [-0.1, -0.05) is 11.6 Å². The summed E-state index contributed by atoms with van der Waals surface area (Å²) in [5, 5.41) is 2.88. The Morgan fingerprint density at radius 3 is 2.95 bits per heavy atom. The maximum atomic E-state index is 12.6. The molecule has 0 aromatic carbocycles. The number of carbonyl (C=O) groups is 1. The van der Waals surface area contributed by atoms with Crippen LogP contribution < -0.4 is 5.32 Å². The third kappa shape index (κ3) is 2.93. The number of hydrogen-bond acceptors (Lipinski definition) is 3. The van der Waals surface area contributed by atoms with Crippen molar-refractivity contribution in [2.45, 2.75) is 20.0 Å². The van der Waals surface area contributed by atoms with Crippen LogP contribution in [0.5, 0.6) is 0 Å². The van der Waals surface area contributed by atoms with Gasteiger partial charge < -0.3 is 5.32 Å². The molecule has 0 saturated heterocycles. The molecule has 0 fully saturated rings. The fourth-order valence-corrected chi connectivity index (χ4v) is 1.80. The highest BCUT2D eigenvalue weighted by atomic mass is 35.5. The fraction of sp³-hybridized carbons (Fsp3) is 0.250. The molecule has 1 amide bonds. The zero-order valence-corrected chi connectivity index (χ0v) is 11.2. The van der Waals surface area contributed by atoms with E-state index in [1.165, 1.54) is 18.6 Å². The smallest absolute Gasteiger partial charge is 0.319 e. The van der Waals surface area contributed by atoms with Crippen LogP contribution in [0.2, 0.25) is 5.02 Å². The van der Waals surface area contributed by atoms with Crippen molar-refractivity contribution < 1.29 is 13.6 Å². The normalized spacial score (nSPS) is 10.8. The standard InChI is InChI=1S/C12H11ClF2N4O/c1-7-8(4-16-5-9(7)13)11(20)18-6-10-17-2-3-19(10)12(14)15/h2-5,12H,6H2,1H3,(H,18,20). The first-order valence-corrected chi connectivity index (χ1v) is 6.06. The number of halogens is 3. The van der Waals surface area contributed by atoms with E-state index in [0.717, 1.165) is 6.20 Å². The van der Waals surface area contributed by atoms with Gasteiger partial charge in [0.1, 0.15) is 5.82 Å². The van der Waals surface area contributed by atoms with Gasteiger partial charge in [-0.2, -0.15) is 8.78 Å². The number of nitrogens with one attached hydrogen (secondary N) is 1. The summed E-state index contributed by atoms with van der Waals surface area (Å²) < 4.78 is 25.9. The predicted octanol–water partition coefficient (Wildman–Crippen LogP) is 2.57. The van der Waals surface area contributed by atoms with E-state index in [-0.39, 0.29) is 12.4 Å². The third-order valence-corrected chi connectivity index (χ3v) is 3.15. The zero-order valence-electron chi connectivity index (χ0n) is 10.5. The average molecular weight is 301 g/mol. The lowest BCUT2D eigenvalue weighted by Gasteiger charge is -2.09. The van der Waals surface area contributed by atoms with Gasteiger partial charge in [-0.25, -0.2) is 4.98 Å². The van der Waals surface area contributed by atoms with E-state index >= 15 is 0 Å². The van der Waals surface area contributed by atoms with Gasteiger partial charge in [0, 0.05) is 24.8 Å². The van der Waals surface area contributed by atoms with Crippen LogP contribution in [-0.2, 0) is 6.54 Å². The molecule has 0 spiro atoms. The SMILES string of the molecule is Cc1c(Cl)cncc1C(=O)NCc1nccn1C(F)F. The molecule has 0 saturated carbocycles. The molecular formula is C12H11ClF2N4O. The lowest BCUT2D eigenvalue weighted by atomic mass is 10.1. The molecule has 5 nitrogen and oxygen atoms in total. The minimum atomic E-state index is -2.70. The second-order valence-electron chi connectivity index (χ2n) is 4.00. The summed E-state index contributed by atoms with van der Waals surface area (Å²) in [4.78, 5) is 19.6. The van der Waals surface area contributed by atoms with Crippen molar-refractivity contribution in [1.29, 1.82) is 0 Å². The Bertz CT molecular complexity index is 630. The van der Waals surface area contributed by atoms with Crippen LogP contribution >= 0.6 is 11.6 Å². The van der Waals surface area contributed by atoms with Crippen LogP contribution in [0.15, 0.2) is 24.8 Å².